The lowest BCUT2D eigenvalue weighted by atomic mass is 9.64. The van der Waals surface area contributed by atoms with E-state index in [-0.39, 0.29) is 35.5 Å². The molecule has 0 aromatic heterocycles. The lowest BCUT2D eigenvalue weighted by molar-refractivity contribution is -0.0768. The van der Waals surface area contributed by atoms with Crippen LogP contribution in [0.25, 0.3) is 0 Å². The van der Waals surface area contributed by atoms with Crippen LogP contribution in [0.5, 0.6) is 5.75 Å². The van der Waals surface area contributed by atoms with Gasteiger partial charge in [0.1, 0.15) is 11.4 Å². The number of benzene rings is 2. The first-order valence-electron chi connectivity index (χ1n) is 15.1. The summed E-state index contributed by atoms with van der Waals surface area (Å²) in [5.74, 6) is 0.951. The summed E-state index contributed by atoms with van der Waals surface area (Å²) in [5.41, 5.74) is 2.78. The Morgan fingerprint density at radius 2 is 2.00 bits per heavy atom. The van der Waals surface area contributed by atoms with E-state index in [2.05, 4.69) is 35.6 Å². The molecule has 0 saturated heterocycles. The fraction of sp³-hybridized carbons (Fsp3) is 0.545. The van der Waals surface area contributed by atoms with Gasteiger partial charge in [0, 0.05) is 34.8 Å². The van der Waals surface area contributed by atoms with E-state index in [0.29, 0.717) is 18.7 Å². The van der Waals surface area contributed by atoms with Crippen molar-refractivity contribution in [1.82, 2.24) is 4.72 Å². The molecule has 8 heteroatoms. The molecular weight excluding hydrogens is 556 g/mol. The van der Waals surface area contributed by atoms with Gasteiger partial charge in [0.05, 0.1) is 18.9 Å². The minimum Gasteiger partial charge on any atom is -0.491 e. The maximum absolute atomic E-state index is 13.2. The van der Waals surface area contributed by atoms with Crippen LogP contribution >= 0.6 is 23.5 Å². The van der Waals surface area contributed by atoms with Gasteiger partial charge in [-0.05, 0) is 104 Å². The zero-order chi connectivity index (χ0) is 29.0. The molecule has 3 N–H and O–H groups in total. The quantitative estimate of drug-likeness (QED) is 0.268. The van der Waals surface area contributed by atoms with E-state index >= 15 is 0 Å². The van der Waals surface area contributed by atoms with Gasteiger partial charge in [-0.2, -0.15) is 0 Å². The first-order chi connectivity index (χ1) is 19.8. The molecule has 41 heavy (non-hydrogen) atoms. The second kappa shape index (κ2) is 13.4. The van der Waals surface area contributed by atoms with Gasteiger partial charge in [-0.25, -0.2) is 0 Å². The van der Waals surface area contributed by atoms with Crippen LogP contribution in [-0.4, -0.2) is 53.3 Å². The van der Waals surface area contributed by atoms with Crippen LogP contribution in [0.1, 0.15) is 79.8 Å². The Morgan fingerprint density at radius 3 is 2.73 bits per heavy atom. The number of aliphatic hydroxyl groups is 2. The van der Waals surface area contributed by atoms with Crippen LogP contribution in [0.15, 0.2) is 48.6 Å². The summed E-state index contributed by atoms with van der Waals surface area (Å²) >= 11 is 7.86. The highest BCUT2D eigenvalue weighted by Crippen LogP contribution is 2.45. The Kier molecular flexibility index (Phi) is 9.90. The van der Waals surface area contributed by atoms with Gasteiger partial charge in [-0.1, -0.05) is 50.1 Å². The third kappa shape index (κ3) is 6.74. The van der Waals surface area contributed by atoms with Gasteiger partial charge >= 0.3 is 0 Å². The summed E-state index contributed by atoms with van der Waals surface area (Å²) in [7, 11) is 0. The number of nitrogens with zero attached hydrogens (tertiary/aromatic N) is 1. The number of carbonyl (C=O) groups is 1. The largest absolute Gasteiger partial charge is 0.491 e. The van der Waals surface area contributed by atoms with Crippen molar-refractivity contribution in [3.05, 3.63) is 70.3 Å². The summed E-state index contributed by atoms with van der Waals surface area (Å²) < 4.78 is 9.51. The van der Waals surface area contributed by atoms with Gasteiger partial charge in [0.15, 0.2) is 0 Å². The number of hydrogen-bond acceptors (Lipinski definition) is 6. The smallest absolute Gasteiger partial charge is 0.261 e. The fourth-order valence-electron chi connectivity index (χ4n) is 6.59. The lowest BCUT2D eigenvalue weighted by Crippen LogP contribution is -2.52. The first-order valence-corrected chi connectivity index (χ1v) is 16.4. The average Bonchev–Trinajstić information content (AvgIpc) is 3.13. The molecule has 5 atom stereocenters. The van der Waals surface area contributed by atoms with Crippen LogP contribution in [-0.2, 0) is 6.42 Å². The number of fused-ring (bicyclic) bond motifs is 2. The van der Waals surface area contributed by atoms with E-state index in [0.717, 1.165) is 68.0 Å². The highest BCUT2D eigenvalue weighted by molar-refractivity contribution is 7.98. The predicted octanol–water partition coefficient (Wildman–Crippen LogP) is 6.53. The van der Waals surface area contributed by atoms with Crippen LogP contribution in [0, 0.1) is 11.8 Å². The zero-order valence-electron chi connectivity index (χ0n) is 24.2. The lowest BCUT2D eigenvalue weighted by Gasteiger charge is -2.47. The molecule has 5 rings (SSSR count). The number of nitrogens with one attached hydrogen (secondary N) is 1. The standard InChI is InChI=1S/C33H43ClN2O4S/c1-3-7-22-16-26(34)11-12-28(22)25-19-36-18-24-9-13-29(24)33(39,21-37)15-6-5-8-27(4-2)41-35-32(38)23-10-14-31(40-20-25)30(36)17-23/h6,10-12,14-17,24-25,27,29,37,39H,3-5,7-9,13,18-21H2,1-2H3,(H,35,38)/b15-6+/t24?,25?,27?,29?,33-/m1/s1. The molecule has 1 saturated carbocycles. The SMILES string of the molecule is CCCc1cc(Cl)ccc1C1COc2ccc3cc2N(C1)CC1CCC1[C@](O)(CO)/C=C/CCC(CC)SNC3=O. The molecule has 1 amide bonds. The maximum atomic E-state index is 13.2. The van der Waals surface area contributed by atoms with Crippen molar-refractivity contribution in [2.45, 2.75) is 75.6 Å². The van der Waals surface area contributed by atoms with E-state index in [9.17, 15) is 15.0 Å². The summed E-state index contributed by atoms with van der Waals surface area (Å²) in [6.07, 6.45) is 10.3. The Bertz CT molecular complexity index is 1260. The highest BCUT2D eigenvalue weighted by Gasteiger charge is 2.46. The number of allylic oxidation sites excluding steroid dienone is 1. The van der Waals surface area contributed by atoms with Crippen LogP contribution in [0.4, 0.5) is 5.69 Å². The summed E-state index contributed by atoms with van der Waals surface area (Å²) in [6, 6.07) is 11.9. The number of rotatable bonds is 5. The minimum absolute atomic E-state index is 0.0308. The molecule has 0 spiro atoms. The first kappa shape index (κ1) is 30.3. The van der Waals surface area contributed by atoms with Crippen molar-refractivity contribution >= 4 is 35.1 Å². The third-order valence-corrected chi connectivity index (χ3v) is 10.6. The van der Waals surface area contributed by atoms with E-state index < -0.39 is 5.60 Å². The Balaban J connectivity index is 1.53. The van der Waals surface area contributed by atoms with Crippen LogP contribution in [0.3, 0.4) is 0 Å². The normalized spacial score (nSPS) is 29.4. The van der Waals surface area contributed by atoms with E-state index in [1.165, 1.54) is 23.1 Å². The molecular formula is C33H43ClN2O4S. The molecule has 2 heterocycles. The summed E-state index contributed by atoms with van der Waals surface area (Å²) in [6.45, 7) is 5.97. The predicted molar refractivity (Wildman–Crippen MR) is 168 cm³/mol. The van der Waals surface area contributed by atoms with Crippen molar-refractivity contribution in [2.75, 3.05) is 31.2 Å². The minimum atomic E-state index is -1.24. The number of hydrogen-bond donors (Lipinski definition) is 3. The van der Waals surface area contributed by atoms with E-state index in [4.69, 9.17) is 16.3 Å². The monoisotopic (exact) mass is 598 g/mol. The maximum Gasteiger partial charge on any atom is 0.261 e. The van der Waals surface area contributed by atoms with Gasteiger partial charge in [-0.15, -0.1) is 0 Å². The van der Waals surface area contributed by atoms with E-state index in [1.54, 1.807) is 0 Å². The molecule has 1 fully saturated rings. The number of halogens is 1. The van der Waals surface area contributed by atoms with Crippen molar-refractivity contribution in [3.8, 4) is 5.75 Å². The van der Waals surface area contributed by atoms with Crippen LogP contribution in [0.2, 0.25) is 5.02 Å². The summed E-state index contributed by atoms with van der Waals surface area (Å²) in [4.78, 5) is 15.6. The topological polar surface area (TPSA) is 82.0 Å². The number of aliphatic hydroxyl groups excluding tert-OH is 1. The molecule has 4 unspecified atom stereocenters. The number of carbonyl (C=O) groups excluding carboxylic acids is 1. The van der Waals surface area contributed by atoms with Crippen molar-refractivity contribution in [3.63, 3.8) is 0 Å². The van der Waals surface area contributed by atoms with Gasteiger partial charge in [-0.3, -0.25) is 9.52 Å². The van der Waals surface area contributed by atoms with Crippen molar-refractivity contribution in [2.24, 2.45) is 11.8 Å². The zero-order valence-corrected chi connectivity index (χ0v) is 25.7. The number of amides is 1. The number of aryl methyl sites for hydroxylation is 1. The molecule has 0 radical (unpaired) electrons. The molecule has 6 nitrogen and oxygen atoms in total. The van der Waals surface area contributed by atoms with Crippen molar-refractivity contribution in [1.29, 1.82) is 0 Å². The average molecular weight is 599 g/mol. The molecule has 2 aromatic carbocycles. The van der Waals surface area contributed by atoms with Gasteiger partial charge < -0.3 is 19.8 Å². The summed E-state index contributed by atoms with van der Waals surface area (Å²) in [5, 5.41) is 22.9. The number of ether oxygens (including phenoxy) is 1. The molecule has 3 aliphatic rings. The second-order valence-corrected chi connectivity index (χ2v) is 13.4. The van der Waals surface area contributed by atoms with E-state index in [1.807, 2.05) is 36.4 Å². The third-order valence-electron chi connectivity index (χ3n) is 9.11. The number of anilines is 1. The van der Waals surface area contributed by atoms with Gasteiger partial charge in [0.25, 0.3) is 5.91 Å². The molecule has 222 valence electrons. The Morgan fingerprint density at radius 1 is 1.15 bits per heavy atom. The Hall–Kier alpha value is -2.19. The van der Waals surface area contributed by atoms with Gasteiger partial charge in [0.2, 0.25) is 0 Å². The second-order valence-electron chi connectivity index (χ2n) is 11.8. The molecule has 2 bridgehead atoms. The molecule has 2 aliphatic heterocycles. The Labute approximate surface area is 253 Å². The van der Waals surface area contributed by atoms with Crippen molar-refractivity contribution < 1.29 is 19.7 Å². The molecule has 2 aromatic rings. The highest BCUT2D eigenvalue weighted by atomic mass is 35.5. The fourth-order valence-corrected chi connectivity index (χ4v) is 7.60. The molecule has 1 aliphatic carbocycles. The van der Waals surface area contributed by atoms with Crippen LogP contribution < -0.4 is 14.4 Å².